The third-order valence-electron chi connectivity index (χ3n) is 2.88. The molecule has 0 radical (unpaired) electrons. The number of hydrogen-bond donors (Lipinski definition) is 2. The highest BCUT2D eigenvalue weighted by molar-refractivity contribution is 8.00. The van der Waals surface area contributed by atoms with Gasteiger partial charge in [0, 0.05) is 29.8 Å². The van der Waals surface area contributed by atoms with Crippen molar-refractivity contribution in [3.63, 3.8) is 0 Å². The maximum atomic E-state index is 7.58. The number of thiophene rings is 1. The maximum Gasteiger partial charge on any atom is 0.133 e. The van der Waals surface area contributed by atoms with E-state index >= 15 is 0 Å². The van der Waals surface area contributed by atoms with E-state index in [0.717, 1.165) is 30.9 Å². The summed E-state index contributed by atoms with van der Waals surface area (Å²) in [6.45, 7) is 0. The molecule has 0 aliphatic rings. The zero-order valence-corrected chi connectivity index (χ0v) is 13.9. The van der Waals surface area contributed by atoms with E-state index in [1.807, 2.05) is 37.1 Å². The summed E-state index contributed by atoms with van der Waals surface area (Å²) in [5.74, 6) is 0.102. The Morgan fingerprint density at radius 2 is 2.29 bits per heavy atom. The lowest BCUT2D eigenvalue weighted by Gasteiger charge is -1.95. The van der Waals surface area contributed by atoms with Crippen molar-refractivity contribution in [3.8, 4) is 21.8 Å². The van der Waals surface area contributed by atoms with Gasteiger partial charge in [-0.2, -0.15) is 5.10 Å². The van der Waals surface area contributed by atoms with Gasteiger partial charge in [-0.05, 0) is 12.3 Å². The van der Waals surface area contributed by atoms with Crippen molar-refractivity contribution in [2.45, 2.75) is 4.21 Å². The molecular formula is C13H13N5S3. The average Bonchev–Trinajstić information content (AvgIpc) is 3.15. The maximum absolute atomic E-state index is 7.58. The SMILES string of the molecule is CSc1sc(C(=N)N)cc1-c1nc(-c2cnn(C)c2)cs1. The number of nitrogens with two attached hydrogens (primary N) is 1. The second kappa shape index (κ2) is 5.63. The Morgan fingerprint density at radius 3 is 2.90 bits per heavy atom. The zero-order chi connectivity index (χ0) is 15.0. The number of aryl methyl sites for hydroxylation is 1. The van der Waals surface area contributed by atoms with E-state index in [2.05, 4.69) is 5.10 Å². The van der Waals surface area contributed by atoms with Crippen LogP contribution < -0.4 is 5.73 Å². The molecule has 0 bridgehead atoms. The summed E-state index contributed by atoms with van der Waals surface area (Å²) in [7, 11) is 1.89. The Morgan fingerprint density at radius 1 is 1.48 bits per heavy atom. The van der Waals surface area contributed by atoms with Crippen molar-refractivity contribution < 1.29 is 0 Å². The molecule has 108 valence electrons. The van der Waals surface area contributed by atoms with Crippen LogP contribution in [0.15, 0.2) is 28.0 Å². The molecule has 21 heavy (non-hydrogen) atoms. The van der Waals surface area contributed by atoms with Crippen LogP contribution >= 0.6 is 34.4 Å². The monoisotopic (exact) mass is 335 g/mol. The summed E-state index contributed by atoms with van der Waals surface area (Å²) in [6.07, 6.45) is 5.78. The second-order valence-electron chi connectivity index (χ2n) is 4.37. The largest absolute Gasteiger partial charge is 0.383 e. The van der Waals surface area contributed by atoms with E-state index in [4.69, 9.17) is 16.1 Å². The highest BCUT2D eigenvalue weighted by Gasteiger charge is 2.16. The normalized spacial score (nSPS) is 11.0. The van der Waals surface area contributed by atoms with Gasteiger partial charge >= 0.3 is 0 Å². The van der Waals surface area contributed by atoms with E-state index < -0.39 is 0 Å². The summed E-state index contributed by atoms with van der Waals surface area (Å²) in [5.41, 5.74) is 8.57. The topological polar surface area (TPSA) is 80.6 Å². The Kier molecular flexibility index (Phi) is 3.83. The molecule has 0 saturated heterocycles. The molecule has 0 amide bonds. The van der Waals surface area contributed by atoms with Gasteiger partial charge in [-0.25, -0.2) is 4.98 Å². The molecule has 3 aromatic rings. The number of thiazole rings is 1. The number of nitrogens with one attached hydrogen (secondary N) is 1. The Bertz CT molecular complexity index is 798. The van der Waals surface area contributed by atoms with Gasteiger partial charge < -0.3 is 5.73 Å². The first-order valence-corrected chi connectivity index (χ1v) is 8.97. The van der Waals surface area contributed by atoms with Crippen molar-refractivity contribution in [3.05, 3.63) is 28.7 Å². The fraction of sp³-hybridized carbons (Fsp3) is 0.154. The van der Waals surface area contributed by atoms with Gasteiger partial charge in [0.1, 0.15) is 10.8 Å². The predicted molar refractivity (Wildman–Crippen MR) is 90.4 cm³/mol. The second-order valence-corrected chi connectivity index (χ2v) is 7.36. The Balaban J connectivity index is 2.01. The lowest BCUT2D eigenvalue weighted by atomic mass is 10.3. The van der Waals surface area contributed by atoms with Crippen molar-refractivity contribution >= 4 is 40.3 Å². The van der Waals surface area contributed by atoms with Crippen LogP contribution in [0.25, 0.3) is 21.8 Å². The first-order valence-electron chi connectivity index (χ1n) is 6.05. The third kappa shape index (κ3) is 2.74. The molecule has 0 atom stereocenters. The van der Waals surface area contributed by atoms with E-state index in [1.54, 1.807) is 27.8 Å². The fourth-order valence-electron chi connectivity index (χ4n) is 1.89. The average molecular weight is 335 g/mol. The molecule has 3 aromatic heterocycles. The van der Waals surface area contributed by atoms with Crippen LogP contribution in [0.1, 0.15) is 4.88 Å². The molecule has 0 aliphatic heterocycles. The van der Waals surface area contributed by atoms with Crippen LogP contribution in [0.5, 0.6) is 0 Å². The van der Waals surface area contributed by atoms with Crippen LogP contribution in [-0.2, 0) is 7.05 Å². The van der Waals surface area contributed by atoms with Crippen molar-refractivity contribution in [2.24, 2.45) is 12.8 Å². The molecule has 3 heterocycles. The minimum absolute atomic E-state index is 0.102. The standard InChI is InChI=1S/C13H13N5S3/c1-18-5-7(4-16-18)9-6-20-12(17-9)8-3-10(11(14)15)21-13(8)19-2/h3-6H,1-2H3,(H3,14,15). The first-order chi connectivity index (χ1) is 10.1. The van der Waals surface area contributed by atoms with Gasteiger partial charge in [-0.3, -0.25) is 10.1 Å². The van der Waals surface area contributed by atoms with Gasteiger partial charge in [0.25, 0.3) is 0 Å². The van der Waals surface area contributed by atoms with Gasteiger partial charge in [-0.15, -0.1) is 34.4 Å². The molecule has 0 spiro atoms. The summed E-state index contributed by atoms with van der Waals surface area (Å²) in [4.78, 5) is 5.48. The van der Waals surface area contributed by atoms with Crippen LogP contribution in [0.4, 0.5) is 0 Å². The summed E-state index contributed by atoms with van der Waals surface area (Å²) < 4.78 is 2.90. The van der Waals surface area contributed by atoms with Crippen molar-refractivity contribution in [1.82, 2.24) is 14.8 Å². The molecule has 0 aromatic carbocycles. The van der Waals surface area contributed by atoms with E-state index in [1.165, 1.54) is 11.3 Å². The molecular weight excluding hydrogens is 322 g/mol. The highest BCUT2D eigenvalue weighted by Crippen LogP contribution is 2.39. The number of nitrogen functional groups attached to an aromatic ring is 1. The number of amidine groups is 1. The van der Waals surface area contributed by atoms with Crippen LogP contribution in [0.3, 0.4) is 0 Å². The molecule has 5 nitrogen and oxygen atoms in total. The smallest absolute Gasteiger partial charge is 0.133 e. The molecule has 0 saturated carbocycles. The lowest BCUT2D eigenvalue weighted by molar-refractivity contribution is 0.768. The fourth-order valence-corrected chi connectivity index (χ4v) is 4.60. The molecule has 3 rings (SSSR count). The van der Waals surface area contributed by atoms with E-state index in [-0.39, 0.29) is 5.84 Å². The molecule has 0 aliphatic carbocycles. The Labute approximate surface area is 134 Å². The molecule has 3 N–H and O–H groups in total. The number of hydrogen-bond acceptors (Lipinski definition) is 6. The van der Waals surface area contributed by atoms with Crippen LogP contribution in [0.2, 0.25) is 0 Å². The predicted octanol–water partition coefficient (Wildman–Crippen LogP) is 3.28. The molecule has 0 unspecified atom stereocenters. The van der Waals surface area contributed by atoms with E-state index in [9.17, 15) is 0 Å². The summed E-state index contributed by atoms with van der Waals surface area (Å²) in [5, 5.41) is 14.7. The number of thioether (sulfide) groups is 1. The molecule has 8 heteroatoms. The van der Waals surface area contributed by atoms with Crippen molar-refractivity contribution in [2.75, 3.05) is 6.26 Å². The number of rotatable bonds is 4. The zero-order valence-electron chi connectivity index (χ0n) is 11.5. The minimum Gasteiger partial charge on any atom is -0.383 e. The number of aromatic nitrogens is 3. The van der Waals surface area contributed by atoms with Gasteiger partial charge in [-0.1, -0.05) is 0 Å². The van der Waals surface area contributed by atoms with Crippen LogP contribution in [0, 0.1) is 5.41 Å². The summed E-state index contributed by atoms with van der Waals surface area (Å²) >= 11 is 4.78. The van der Waals surface area contributed by atoms with Gasteiger partial charge in [0.2, 0.25) is 0 Å². The van der Waals surface area contributed by atoms with Gasteiger partial charge in [0.05, 0.1) is 21.0 Å². The highest BCUT2D eigenvalue weighted by atomic mass is 32.2. The van der Waals surface area contributed by atoms with E-state index in [0.29, 0.717) is 0 Å². The van der Waals surface area contributed by atoms with Crippen molar-refractivity contribution in [1.29, 1.82) is 5.41 Å². The first kappa shape index (κ1) is 14.3. The Hall–Kier alpha value is -1.64. The minimum atomic E-state index is 0.102. The quantitative estimate of drug-likeness (QED) is 0.435. The summed E-state index contributed by atoms with van der Waals surface area (Å²) in [6, 6.07) is 1.95. The van der Waals surface area contributed by atoms with Gasteiger partial charge in [0.15, 0.2) is 0 Å². The third-order valence-corrected chi connectivity index (χ3v) is 6.06. The van der Waals surface area contributed by atoms with Crippen LogP contribution in [-0.4, -0.2) is 26.9 Å². The number of nitrogens with zero attached hydrogens (tertiary/aromatic N) is 3. The molecule has 0 fully saturated rings. The lowest BCUT2D eigenvalue weighted by Crippen LogP contribution is -2.08.